The fourth-order valence-electron chi connectivity index (χ4n) is 2.97. The highest BCUT2D eigenvalue weighted by Gasteiger charge is 2.19. The van der Waals surface area contributed by atoms with Crippen molar-refractivity contribution in [2.24, 2.45) is 0 Å². The van der Waals surface area contributed by atoms with Gasteiger partial charge in [0.1, 0.15) is 0 Å². The summed E-state index contributed by atoms with van der Waals surface area (Å²) < 4.78 is 1.68. The Hall–Kier alpha value is -3.44. The van der Waals surface area contributed by atoms with Crippen molar-refractivity contribution in [3.05, 3.63) is 94.8 Å². The summed E-state index contributed by atoms with van der Waals surface area (Å²) >= 11 is 6.18. The molecule has 1 heterocycles. The van der Waals surface area contributed by atoms with E-state index in [1.54, 1.807) is 10.7 Å². The Morgan fingerprint density at radius 3 is 2.45 bits per heavy atom. The molecule has 144 valence electrons. The van der Waals surface area contributed by atoms with Crippen molar-refractivity contribution in [1.29, 1.82) is 0 Å². The van der Waals surface area contributed by atoms with Crippen LogP contribution in [0.3, 0.4) is 0 Å². The Labute approximate surface area is 174 Å². The van der Waals surface area contributed by atoms with Crippen molar-refractivity contribution in [3.63, 3.8) is 0 Å². The van der Waals surface area contributed by atoms with Gasteiger partial charge in [-0.2, -0.15) is 0 Å². The molecule has 6 heteroatoms. The van der Waals surface area contributed by atoms with Crippen LogP contribution in [0.5, 0.6) is 0 Å². The van der Waals surface area contributed by atoms with E-state index in [9.17, 15) is 4.79 Å². The third-order valence-corrected chi connectivity index (χ3v) is 4.89. The molecule has 0 saturated carbocycles. The van der Waals surface area contributed by atoms with E-state index in [1.807, 2.05) is 73.7 Å². The lowest BCUT2D eigenvalue weighted by atomic mass is 10.1. The third kappa shape index (κ3) is 4.05. The number of hydrogen-bond donors (Lipinski definition) is 1. The van der Waals surface area contributed by atoms with E-state index in [-0.39, 0.29) is 11.7 Å². The molecule has 0 unspecified atom stereocenters. The van der Waals surface area contributed by atoms with Gasteiger partial charge in [-0.25, -0.2) is 9.67 Å². The first-order valence-electron chi connectivity index (χ1n) is 9.18. The number of anilines is 1. The molecule has 5 nitrogen and oxygen atoms in total. The lowest BCUT2D eigenvalue weighted by Gasteiger charge is -2.08. The van der Waals surface area contributed by atoms with E-state index < -0.39 is 0 Å². The molecule has 0 aliphatic carbocycles. The number of para-hydroxylation sites is 1. The topological polar surface area (TPSA) is 59.8 Å². The Balaban J connectivity index is 1.80. The molecule has 1 amide bonds. The zero-order valence-corrected chi connectivity index (χ0v) is 16.8. The molecule has 0 fully saturated rings. The monoisotopic (exact) mass is 402 g/mol. The first-order valence-corrected chi connectivity index (χ1v) is 9.56. The van der Waals surface area contributed by atoms with Crippen molar-refractivity contribution in [3.8, 4) is 17.1 Å². The van der Waals surface area contributed by atoms with Crippen LogP contribution in [-0.4, -0.2) is 20.7 Å². The van der Waals surface area contributed by atoms with Crippen LogP contribution in [0.15, 0.2) is 72.8 Å². The number of halogens is 1. The van der Waals surface area contributed by atoms with E-state index >= 15 is 0 Å². The van der Waals surface area contributed by atoms with Crippen molar-refractivity contribution >= 4 is 23.2 Å². The minimum Gasteiger partial charge on any atom is -0.319 e. The number of benzene rings is 3. The van der Waals surface area contributed by atoms with Crippen LogP contribution in [0, 0.1) is 13.8 Å². The van der Waals surface area contributed by atoms with Gasteiger partial charge >= 0.3 is 0 Å². The van der Waals surface area contributed by atoms with Crippen LogP contribution >= 0.6 is 11.6 Å². The zero-order valence-electron chi connectivity index (χ0n) is 16.1. The van der Waals surface area contributed by atoms with Gasteiger partial charge in [0.25, 0.3) is 5.91 Å². The summed E-state index contributed by atoms with van der Waals surface area (Å²) in [7, 11) is 0. The van der Waals surface area contributed by atoms with Crippen LogP contribution in [0.1, 0.15) is 21.7 Å². The summed E-state index contributed by atoms with van der Waals surface area (Å²) in [6.45, 7) is 4.09. The molecule has 0 saturated heterocycles. The quantitative estimate of drug-likeness (QED) is 0.493. The summed E-state index contributed by atoms with van der Waals surface area (Å²) in [6, 6.07) is 22.6. The average molecular weight is 403 g/mol. The van der Waals surface area contributed by atoms with Gasteiger partial charge in [0.2, 0.25) is 5.82 Å². The summed E-state index contributed by atoms with van der Waals surface area (Å²) in [4.78, 5) is 17.3. The van der Waals surface area contributed by atoms with Crippen molar-refractivity contribution in [1.82, 2.24) is 14.8 Å². The molecule has 4 aromatic rings. The number of aryl methyl sites for hydroxylation is 2. The average Bonchev–Trinajstić information content (AvgIpc) is 3.16. The second-order valence-electron chi connectivity index (χ2n) is 6.77. The maximum Gasteiger partial charge on any atom is 0.295 e. The minimum absolute atomic E-state index is 0.0852. The number of rotatable bonds is 4. The van der Waals surface area contributed by atoms with E-state index in [0.29, 0.717) is 16.5 Å². The Morgan fingerprint density at radius 1 is 0.931 bits per heavy atom. The standard InChI is InChI=1S/C23H19ClN4O/c1-15-11-12-20(13-16(15)2)28-22(17-7-6-8-18(24)14-17)26-21(27-28)23(29)25-19-9-4-3-5-10-19/h3-14H,1-2H3,(H,25,29). The fourth-order valence-corrected chi connectivity index (χ4v) is 3.16. The normalized spacial score (nSPS) is 10.7. The first kappa shape index (κ1) is 18.9. The van der Waals surface area contributed by atoms with Crippen LogP contribution in [0.2, 0.25) is 5.02 Å². The molecule has 0 aliphatic heterocycles. The molecule has 29 heavy (non-hydrogen) atoms. The van der Waals surface area contributed by atoms with E-state index in [4.69, 9.17) is 11.6 Å². The maximum atomic E-state index is 12.8. The van der Waals surface area contributed by atoms with Crippen LogP contribution in [0.4, 0.5) is 5.69 Å². The van der Waals surface area contributed by atoms with Crippen LogP contribution < -0.4 is 5.32 Å². The highest BCUT2D eigenvalue weighted by atomic mass is 35.5. The third-order valence-electron chi connectivity index (χ3n) is 4.66. The summed E-state index contributed by atoms with van der Waals surface area (Å²) in [5, 5.41) is 7.92. The molecular weight excluding hydrogens is 384 g/mol. The smallest absolute Gasteiger partial charge is 0.295 e. The van der Waals surface area contributed by atoms with Gasteiger partial charge in [-0.15, -0.1) is 5.10 Å². The van der Waals surface area contributed by atoms with Crippen LogP contribution in [0.25, 0.3) is 17.1 Å². The summed E-state index contributed by atoms with van der Waals surface area (Å²) in [6.07, 6.45) is 0. The zero-order chi connectivity index (χ0) is 20.4. The van der Waals surface area contributed by atoms with Gasteiger partial charge < -0.3 is 5.32 Å². The molecule has 1 N–H and O–H groups in total. The number of hydrogen-bond acceptors (Lipinski definition) is 3. The van der Waals surface area contributed by atoms with E-state index in [1.165, 1.54) is 5.56 Å². The molecule has 0 bridgehead atoms. The molecule has 0 spiro atoms. The summed E-state index contributed by atoms with van der Waals surface area (Å²) in [5.41, 5.74) is 4.60. The number of nitrogens with zero attached hydrogens (tertiary/aromatic N) is 3. The molecule has 0 radical (unpaired) electrons. The SMILES string of the molecule is Cc1ccc(-n2nc(C(=O)Nc3ccccc3)nc2-c2cccc(Cl)c2)cc1C. The van der Waals surface area contributed by atoms with Crippen molar-refractivity contribution in [2.45, 2.75) is 13.8 Å². The second kappa shape index (κ2) is 7.89. The number of amides is 1. The maximum absolute atomic E-state index is 12.8. The number of aromatic nitrogens is 3. The Bertz CT molecular complexity index is 1180. The van der Waals surface area contributed by atoms with Crippen LogP contribution in [-0.2, 0) is 0 Å². The lowest BCUT2D eigenvalue weighted by Crippen LogP contribution is -2.14. The van der Waals surface area contributed by atoms with Gasteiger partial charge in [-0.3, -0.25) is 4.79 Å². The largest absolute Gasteiger partial charge is 0.319 e. The first-order chi connectivity index (χ1) is 14.0. The lowest BCUT2D eigenvalue weighted by molar-refractivity contribution is 0.101. The Morgan fingerprint density at radius 2 is 1.72 bits per heavy atom. The van der Waals surface area contributed by atoms with E-state index in [2.05, 4.69) is 22.3 Å². The predicted molar refractivity (Wildman–Crippen MR) is 116 cm³/mol. The molecule has 4 rings (SSSR count). The van der Waals surface area contributed by atoms with Gasteiger partial charge in [0.15, 0.2) is 5.82 Å². The highest BCUT2D eigenvalue weighted by Crippen LogP contribution is 2.25. The molecule has 1 aromatic heterocycles. The predicted octanol–water partition coefficient (Wildman–Crippen LogP) is 5.46. The van der Waals surface area contributed by atoms with Crippen molar-refractivity contribution in [2.75, 3.05) is 5.32 Å². The molecule has 0 atom stereocenters. The second-order valence-corrected chi connectivity index (χ2v) is 7.21. The Kier molecular flexibility index (Phi) is 5.14. The number of nitrogens with one attached hydrogen (secondary N) is 1. The van der Waals surface area contributed by atoms with Gasteiger partial charge in [-0.1, -0.05) is 48.0 Å². The van der Waals surface area contributed by atoms with Crippen molar-refractivity contribution < 1.29 is 4.79 Å². The van der Waals surface area contributed by atoms with Gasteiger partial charge in [0, 0.05) is 16.3 Å². The number of carbonyl (C=O) groups is 1. The number of carbonyl (C=O) groups excluding carboxylic acids is 1. The fraction of sp³-hybridized carbons (Fsp3) is 0.0870. The van der Waals surface area contributed by atoms with Gasteiger partial charge in [-0.05, 0) is 61.4 Å². The van der Waals surface area contributed by atoms with Gasteiger partial charge in [0.05, 0.1) is 5.69 Å². The van der Waals surface area contributed by atoms with E-state index in [0.717, 1.165) is 16.8 Å². The molecular formula is C23H19ClN4O. The minimum atomic E-state index is -0.373. The highest BCUT2D eigenvalue weighted by molar-refractivity contribution is 6.30. The molecule has 0 aliphatic rings. The summed E-state index contributed by atoms with van der Waals surface area (Å²) in [5.74, 6) is 0.262. The molecule has 3 aromatic carbocycles.